The number of anilines is 1. The first-order valence-corrected chi connectivity index (χ1v) is 9.74. The van der Waals surface area contributed by atoms with Crippen molar-refractivity contribution in [2.75, 3.05) is 5.32 Å². The summed E-state index contributed by atoms with van der Waals surface area (Å²) in [6.45, 7) is 0.175. The van der Waals surface area contributed by atoms with Crippen LogP contribution in [-0.2, 0) is 20.6 Å². The smallest absolute Gasteiger partial charge is 0.332 e. The van der Waals surface area contributed by atoms with Gasteiger partial charge in [0.25, 0.3) is 5.56 Å². The lowest BCUT2D eigenvalue weighted by molar-refractivity contribution is 0.628. The highest BCUT2D eigenvalue weighted by Gasteiger charge is 2.17. The van der Waals surface area contributed by atoms with Crippen LogP contribution in [0.25, 0.3) is 16.9 Å². The Bertz CT molecular complexity index is 1440. The minimum absolute atomic E-state index is 0.123. The molecule has 0 radical (unpaired) electrons. The summed E-state index contributed by atoms with van der Waals surface area (Å²) in [6, 6.07) is 17.3. The molecule has 0 aliphatic rings. The average Bonchev–Trinajstić information content (AvgIpc) is 3.24. The van der Waals surface area contributed by atoms with E-state index in [9.17, 15) is 19.2 Å². The van der Waals surface area contributed by atoms with Crippen LogP contribution in [0.5, 0.6) is 0 Å². The van der Waals surface area contributed by atoms with E-state index in [0.717, 1.165) is 15.8 Å². The fraction of sp³-hybridized carbons (Fsp3) is 0.130. The predicted molar refractivity (Wildman–Crippen MR) is 118 cm³/mol. The summed E-state index contributed by atoms with van der Waals surface area (Å²) in [5.41, 5.74) is 1.50. The topological polar surface area (TPSA) is 97.6 Å². The van der Waals surface area contributed by atoms with E-state index in [1.54, 1.807) is 16.8 Å². The monoisotopic (exact) mass is 430 g/mol. The van der Waals surface area contributed by atoms with Crippen molar-refractivity contribution >= 4 is 5.82 Å². The molecule has 4 rings (SSSR count). The Balaban J connectivity index is 1.78. The third-order valence-corrected chi connectivity index (χ3v) is 5.15. The Morgan fingerprint density at radius 3 is 2.38 bits per heavy atom. The van der Waals surface area contributed by atoms with Gasteiger partial charge >= 0.3 is 5.69 Å². The van der Waals surface area contributed by atoms with E-state index < -0.39 is 11.2 Å². The number of nitrogens with one attached hydrogen (secondary N) is 1. The van der Waals surface area contributed by atoms with Crippen LogP contribution in [-0.4, -0.2) is 18.9 Å². The van der Waals surface area contributed by atoms with Crippen molar-refractivity contribution in [2.45, 2.75) is 6.54 Å². The molecule has 32 heavy (non-hydrogen) atoms. The van der Waals surface area contributed by atoms with Gasteiger partial charge in [-0.3, -0.25) is 13.9 Å². The first kappa shape index (κ1) is 20.8. The molecule has 0 aliphatic carbocycles. The molecule has 2 heterocycles. The Hall–Kier alpha value is -4.45. The number of hydrogen-bond donors (Lipinski definition) is 1. The second-order valence-corrected chi connectivity index (χ2v) is 7.18. The normalized spacial score (nSPS) is 10.7. The lowest BCUT2D eigenvalue weighted by Gasteiger charge is -2.13. The SMILES string of the molecule is Cn1c(NCc2cn(-c3ccccc3)nc2-c2ccc(F)cc2)c(C#N)c(=O)n(C)c1=O. The molecule has 0 spiro atoms. The summed E-state index contributed by atoms with van der Waals surface area (Å²) in [6.07, 6.45) is 1.81. The van der Waals surface area contributed by atoms with Crippen LogP contribution in [0.4, 0.5) is 10.2 Å². The lowest BCUT2D eigenvalue weighted by atomic mass is 10.1. The van der Waals surface area contributed by atoms with Gasteiger partial charge in [0.15, 0.2) is 5.56 Å². The third-order valence-electron chi connectivity index (χ3n) is 5.15. The maximum atomic E-state index is 13.4. The van der Waals surface area contributed by atoms with Gasteiger partial charge in [-0.25, -0.2) is 13.9 Å². The summed E-state index contributed by atoms with van der Waals surface area (Å²) in [4.78, 5) is 24.7. The van der Waals surface area contributed by atoms with Gasteiger partial charge < -0.3 is 5.32 Å². The summed E-state index contributed by atoms with van der Waals surface area (Å²) in [5, 5.41) is 17.2. The van der Waals surface area contributed by atoms with Crippen molar-refractivity contribution in [1.82, 2.24) is 18.9 Å². The highest BCUT2D eigenvalue weighted by atomic mass is 19.1. The number of para-hydroxylation sites is 1. The van der Waals surface area contributed by atoms with E-state index in [1.165, 1.54) is 30.8 Å². The zero-order valence-electron chi connectivity index (χ0n) is 17.4. The first-order valence-electron chi connectivity index (χ1n) is 9.74. The van der Waals surface area contributed by atoms with Gasteiger partial charge in [-0.05, 0) is 36.4 Å². The molecule has 0 amide bonds. The molecule has 0 aliphatic heterocycles. The molecule has 4 aromatic rings. The molecule has 0 atom stereocenters. The summed E-state index contributed by atoms with van der Waals surface area (Å²) >= 11 is 0. The van der Waals surface area contributed by atoms with Crippen molar-refractivity contribution in [3.63, 3.8) is 0 Å². The second-order valence-electron chi connectivity index (χ2n) is 7.18. The second kappa shape index (κ2) is 8.35. The Kier molecular flexibility index (Phi) is 5.43. The van der Waals surface area contributed by atoms with Gasteiger partial charge in [0.05, 0.1) is 11.4 Å². The summed E-state index contributed by atoms with van der Waals surface area (Å²) < 4.78 is 17.3. The standard InChI is InChI=1S/C23H19FN6O2/c1-28-21(19(12-25)22(31)29(2)23(28)32)26-13-16-14-30(18-6-4-3-5-7-18)27-20(16)15-8-10-17(24)11-9-15/h3-11,14,26H,13H2,1-2H3. The van der Waals surface area contributed by atoms with Crippen molar-refractivity contribution < 1.29 is 4.39 Å². The maximum absolute atomic E-state index is 13.4. The molecule has 2 aromatic carbocycles. The molecular weight excluding hydrogens is 411 g/mol. The molecule has 0 fully saturated rings. The summed E-state index contributed by atoms with van der Waals surface area (Å²) in [5.74, 6) is -0.233. The van der Waals surface area contributed by atoms with Gasteiger partial charge in [0, 0.05) is 38.0 Å². The van der Waals surface area contributed by atoms with E-state index in [-0.39, 0.29) is 23.7 Å². The Labute approximate surface area is 182 Å². The van der Waals surface area contributed by atoms with E-state index in [4.69, 9.17) is 0 Å². The highest BCUT2D eigenvalue weighted by molar-refractivity contribution is 5.64. The van der Waals surface area contributed by atoms with E-state index in [2.05, 4.69) is 10.4 Å². The number of hydrogen-bond acceptors (Lipinski definition) is 5. The van der Waals surface area contributed by atoms with Gasteiger partial charge in [-0.2, -0.15) is 10.4 Å². The minimum atomic E-state index is -0.670. The van der Waals surface area contributed by atoms with Crippen LogP contribution in [0.2, 0.25) is 0 Å². The van der Waals surface area contributed by atoms with Crippen LogP contribution < -0.4 is 16.6 Å². The number of nitrogens with zero attached hydrogens (tertiary/aromatic N) is 5. The molecule has 0 bridgehead atoms. The molecule has 2 aromatic heterocycles. The van der Waals surface area contributed by atoms with Gasteiger partial charge in [0.2, 0.25) is 0 Å². The molecule has 9 heteroatoms. The minimum Gasteiger partial charge on any atom is -0.366 e. The molecule has 0 saturated carbocycles. The van der Waals surface area contributed by atoms with E-state index in [0.29, 0.717) is 11.3 Å². The van der Waals surface area contributed by atoms with Crippen LogP contribution >= 0.6 is 0 Å². The third kappa shape index (κ3) is 3.70. The molecule has 0 unspecified atom stereocenters. The summed E-state index contributed by atoms with van der Waals surface area (Å²) in [7, 11) is 2.81. The van der Waals surface area contributed by atoms with Gasteiger partial charge in [-0.15, -0.1) is 0 Å². The zero-order valence-corrected chi connectivity index (χ0v) is 17.4. The maximum Gasteiger partial charge on any atom is 0.332 e. The van der Waals surface area contributed by atoms with Crippen molar-refractivity contribution in [3.8, 4) is 23.0 Å². The largest absolute Gasteiger partial charge is 0.366 e. The molecule has 1 N–H and O–H groups in total. The number of rotatable bonds is 5. The predicted octanol–water partition coefficient (Wildman–Crippen LogP) is 2.56. The fourth-order valence-corrected chi connectivity index (χ4v) is 3.43. The Morgan fingerprint density at radius 2 is 1.72 bits per heavy atom. The quantitative estimate of drug-likeness (QED) is 0.525. The van der Waals surface area contributed by atoms with Crippen molar-refractivity contribution in [1.29, 1.82) is 5.26 Å². The van der Waals surface area contributed by atoms with E-state index >= 15 is 0 Å². The van der Waals surface area contributed by atoms with Gasteiger partial charge in [-0.1, -0.05) is 18.2 Å². The molecule has 160 valence electrons. The van der Waals surface area contributed by atoms with Crippen LogP contribution in [0.1, 0.15) is 11.1 Å². The highest BCUT2D eigenvalue weighted by Crippen LogP contribution is 2.25. The lowest BCUT2D eigenvalue weighted by Crippen LogP contribution is -2.39. The van der Waals surface area contributed by atoms with Crippen molar-refractivity contribution in [3.05, 3.63) is 98.6 Å². The van der Waals surface area contributed by atoms with Crippen LogP contribution in [0.15, 0.2) is 70.4 Å². The van der Waals surface area contributed by atoms with Crippen LogP contribution in [0, 0.1) is 17.1 Å². The first-order chi connectivity index (χ1) is 15.4. The van der Waals surface area contributed by atoms with Crippen molar-refractivity contribution in [2.24, 2.45) is 14.1 Å². The van der Waals surface area contributed by atoms with E-state index in [1.807, 2.05) is 42.6 Å². The average molecular weight is 430 g/mol. The van der Waals surface area contributed by atoms with Crippen LogP contribution in [0.3, 0.4) is 0 Å². The Morgan fingerprint density at radius 1 is 1.03 bits per heavy atom. The number of halogens is 1. The molecule has 8 nitrogen and oxygen atoms in total. The van der Waals surface area contributed by atoms with Gasteiger partial charge in [0.1, 0.15) is 17.7 Å². The number of aromatic nitrogens is 4. The molecule has 0 saturated heterocycles. The zero-order chi connectivity index (χ0) is 22.8. The molecular formula is C23H19FN6O2. The number of nitriles is 1. The number of benzene rings is 2. The fourth-order valence-electron chi connectivity index (χ4n) is 3.43.